The van der Waals surface area contributed by atoms with Crippen LogP contribution in [0.1, 0.15) is 109 Å². The van der Waals surface area contributed by atoms with E-state index in [1.807, 2.05) is 30.3 Å². The molecule has 0 spiro atoms. The first-order valence-corrected chi connectivity index (χ1v) is 12.3. The zero-order valence-electron chi connectivity index (χ0n) is 19.0. The molecule has 0 radical (unpaired) electrons. The topological polar surface area (TPSA) is 44.8 Å². The molecule has 30 heavy (non-hydrogen) atoms. The van der Waals surface area contributed by atoms with Crippen molar-refractivity contribution in [2.75, 3.05) is 13.2 Å². The van der Waals surface area contributed by atoms with Crippen LogP contribution in [-0.2, 0) is 19.0 Å². The summed E-state index contributed by atoms with van der Waals surface area (Å²) in [5, 5.41) is 0. The number of carbonyl (C=O) groups is 1. The summed E-state index contributed by atoms with van der Waals surface area (Å²) in [5.41, 5.74) is 0.995. The Bertz CT molecular complexity index is 537. The Morgan fingerprint density at radius 3 is 1.83 bits per heavy atom. The molecule has 0 saturated carbocycles. The molecule has 170 valence electrons. The van der Waals surface area contributed by atoms with Gasteiger partial charge in [-0.2, -0.15) is 0 Å². The van der Waals surface area contributed by atoms with Gasteiger partial charge in [-0.3, -0.25) is 4.79 Å². The van der Waals surface area contributed by atoms with Gasteiger partial charge in [-0.1, -0.05) is 114 Å². The van der Waals surface area contributed by atoms with E-state index in [4.69, 9.17) is 14.2 Å². The molecule has 1 aromatic rings. The van der Waals surface area contributed by atoms with E-state index in [1.165, 1.54) is 70.6 Å². The predicted octanol–water partition coefficient (Wildman–Crippen LogP) is 7.13. The lowest BCUT2D eigenvalue weighted by Crippen LogP contribution is -2.35. The summed E-state index contributed by atoms with van der Waals surface area (Å²) in [7, 11) is 0. The van der Waals surface area contributed by atoms with Crippen molar-refractivity contribution in [3.8, 4) is 0 Å². The van der Waals surface area contributed by atoms with Crippen molar-refractivity contribution in [2.24, 2.45) is 0 Å². The van der Waals surface area contributed by atoms with Crippen molar-refractivity contribution < 1.29 is 19.0 Å². The van der Waals surface area contributed by atoms with Crippen molar-refractivity contribution >= 4 is 5.97 Å². The first kappa shape index (κ1) is 24.9. The van der Waals surface area contributed by atoms with E-state index in [1.54, 1.807) is 0 Å². The number of ether oxygens (including phenoxy) is 3. The molecule has 0 amide bonds. The van der Waals surface area contributed by atoms with Gasteiger partial charge >= 0.3 is 5.97 Å². The average Bonchev–Trinajstić information content (AvgIpc) is 2.78. The fourth-order valence-corrected chi connectivity index (χ4v) is 3.89. The number of unbranched alkanes of at least 4 members (excludes halogenated alkanes) is 12. The molecule has 0 N–H and O–H groups in total. The smallest absolute Gasteiger partial charge is 0.306 e. The third-order valence-corrected chi connectivity index (χ3v) is 5.72. The Labute approximate surface area is 183 Å². The number of carbonyl (C=O) groups excluding carboxylic acids is 1. The minimum Gasteiger partial charge on any atom is -0.457 e. The molecule has 0 atom stereocenters. The minimum atomic E-state index is -0.359. The number of benzene rings is 1. The second kappa shape index (κ2) is 16.3. The predicted molar refractivity (Wildman–Crippen MR) is 121 cm³/mol. The molecule has 1 heterocycles. The van der Waals surface area contributed by atoms with Crippen molar-refractivity contribution in [3.63, 3.8) is 0 Å². The number of hydrogen-bond acceptors (Lipinski definition) is 4. The lowest BCUT2D eigenvalue weighted by molar-refractivity contribution is -0.229. The van der Waals surface area contributed by atoms with Gasteiger partial charge in [0.25, 0.3) is 0 Å². The number of hydrogen-bond donors (Lipinski definition) is 0. The second-order valence-corrected chi connectivity index (χ2v) is 8.51. The molecule has 0 bridgehead atoms. The van der Waals surface area contributed by atoms with Crippen LogP contribution < -0.4 is 0 Å². The molecule has 0 aromatic heterocycles. The summed E-state index contributed by atoms with van der Waals surface area (Å²) in [6.07, 6.45) is 16.8. The Kier molecular flexibility index (Phi) is 13.5. The van der Waals surface area contributed by atoms with Crippen LogP contribution in [-0.4, -0.2) is 25.3 Å². The van der Waals surface area contributed by atoms with E-state index in [9.17, 15) is 4.79 Å². The van der Waals surface area contributed by atoms with Crippen LogP contribution in [0.2, 0.25) is 0 Å². The highest BCUT2D eigenvalue weighted by Crippen LogP contribution is 2.23. The number of rotatable bonds is 16. The lowest BCUT2D eigenvalue weighted by Gasteiger charge is -2.29. The largest absolute Gasteiger partial charge is 0.457 e. The van der Waals surface area contributed by atoms with Gasteiger partial charge < -0.3 is 14.2 Å². The van der Waals surface area contributed by atoms with E-state index in [-0.39, 0.29) is 18.4 Å². The van der Waals surface area contributed by atoms with Gasteiger partial charge in [-0.15, -0.1) is 0 Å². The maximum absolute atomic E-state index is 12.0. The highest BCUT2D eigenvalue weighted by atomic mass is 16.7. The lowest BCUT2D eigenvalue weighted by atomic mass is 10.0. The van der Waals surface area contributed by atoms with Crippen LogP contribution in [0.3, 0.4) is 0 Å². The zero-order valence-corrected chi connectivity index (χ0v) is 19.0. The van der Waals surface area contributed by atoms with Crippen LogP contribution in [0.15, 0.2) is 30.3 Å². The van der Waals surface area contributed by atoms with Crippen LogP contribution >= 0.6 is 0 Å². The summed E-state index contributed by atoms with van der Waals surface area (Å²) < 4.78 is 16.9. The Hall–Kier alpha value is -1.39. The molecule has 1 fully saturated rings. The monoisotopic (exact) mass is 418 g/mol. The summed E-state index contributed by atoms with van der Waals surface area (Å²) >= 11 is 0. The first-order valence-electron chi connectivity index (χ1n) is 12.3. The third-order valence-electron chi connectivity index (χ3n) is 5.72. The molecule has 4 nitrogen and oxygen atoms in total. The molecule has 0 unspecified atom stereocenters. The maximum atomic E-state index is 12.0. The summed E-state index contributed by atoms with van der Waals surface area (Å²) in [4.78, 5) is 12.0. The molecule has 0 aliphatic carbocycles. The van der Waals surface area contributed by atoms with Crippen LogP contribution in [0.5, 0.6) is 0 Å². The van der Waals surface area contributed by atoms with E-state index in [0.717, 1.165) is 18.4 Å². The van der Waals surface area contributed by atoms with E-state index in [0.29, 0.717) is 19.6 Å². The quantitative estimate of drug-likeness (QED) is 0.212. The Morgan fingerprint density at radius 1 is 0.800 bits per heavy atom. The van der Waals surface area contributed by atoms with Gasteiger partial charge in [-0.25, -0.2) is 0 Å². The third kappa shape index (κ3) is 11.1. The SMILES string of the molecule is CCCCCCCCCCCCCCCC(=O)OC1COC(c2ccccc2)OC1. The summed E-state index contributed by atoms with van der Waals surface area (Å²) in [6.45, 7) is 3.05. The van der Waals surface area contributed by atoms with Crippen molar-refractivity contribution in [3.05, 3.63) is 35.9 Å². The van der Waals surface area contributed by atoms with Crippen LogP contribution in [0, 0.1) is 0 Å². The molecule has 4 heteroatoms. The Balaban J connectivity index is 1.38. The fourth-order valence-electron chi connectivity index (χ4n) is 3.89. The second-order valence-electron chi connectivity index (χ2n) is 8.51. The van der Waals surface area contributed by atoms with Crippen molar-refractivity contribution in [1.82, 2.24) is 0 Å². The van der Waals surface area contributed by atoms with E-state index >= 15 is 0 Å². The summed E-state index contributed by atoms with van der Waals surface area (Å²) in [5.74, 6) is -0.131. The normalized spacial score (nSPS) is 19.0. The molecule has 1 aliphatic rings. The molecule has 1 saturated heterocycles. The van der Waals surface area contributed by atoms with Gasteiger partial charge in [0, 0.05) is 12.0 Å². The molecule has 2 rings (SSSR count). The highest BCUT2D eigenvalue weighted by molar-refractivity contribution is 5.69. The maximum Gasteiger partial charge on any atom is 0.306 e. The van der Waals surface area contributed by atoms with Gasteiger partial charge in [-0.05, 0) is 6.42 Å². The van der Waals surface area contributed by atoms with Gasteiger partial charge in [0.2, 0.25) is 0 Å². The van der Waals surface area contributed by atoms with Crippen molar-refractivity contribution in [1.29, 1.82) is 0 Å². The highest BCUT2D eigenvalue weighted by Gasteiger charge is 2.25. The van der Waals surface area contributed by atoms with E-state index < -0.39 is 0 Å². The molecular weight excluding hydrogens is 376 g/mol. The standard InChI is InChI=1S/C26H42O4/c1-2-3-4-5-6-7-8-9-10-11-12-13-17-20-25(27)30-24-21-28-26(29-22-24)23-18-15-14-16-19-23/h14-16,18-19,24,26H,2-13,17,20-22H2,1H3. The molecule has 1 aliphatic heterocycles. The fraction of sp³-hybridized carbons (Fsp3) is 0.731. The van der Waals surface area contributed by atoms with Crippen LogP contribution in [0.25, 0.3) is 0 Å². The molecule has 1 aromatic carbocycles. The van der Waals surface area contributed by atoms with Crippen LogP contribution in [0.4, 0.5) is 0 Å². The van der Waals surface area contributed by atoms with Crippen molar-refractivity contribution in [2.45, 2.75) is 109 Å². The molecular formula is C26H42O4. The number of esters is 1. The van der Waals surface area contributed by atoms with E-state index in [2.05, 4.69) is 6.92 Å². The first-order chi connectivity index (χ1) is 14.8. The Morgan fingerprint density at radius 2 is 1.30 bits per heavy atom. The zero-order chi connectivity index (χ0) is 21.3. The van der Waals surface area contributed by atoms with Gasteiger partial charge in [0.05, 0.1) is 13.2 Å². The summed E-state index contributed by atoms with van der Waals surface area (Å²) in [6, 6.07) is 9.85. The van der Waals surface area contributed by atoms with Gasteiger partial charge in [0.1, 0.15) is 6.10 Å². The van der Waals surface area contributed by atoms with Gasteiger partial charge in [0.15, 0.2) is 6.29 Å². The average molecular weight is 419 g/mol. The minimum absolute atomic E-state index is 0.131.